The number of morpholine rings is 1. The van der Waals surface area contributed by atoms with Crippen LogP contribution in [-0.4, -0.2) is 67.3 Å². The Morgan fingerprint density at radius 3 is 2.29 bits per heavy atom. The van der Waals surface area contributed by atoms with Crippen molar-refractivity contribution in [2.75, 3.05) is 50.9 Å². The van der Waals surface area contributed by atoms with E-state index in [1.807, 2.05) is 13.8 Å². The maximum Gasteiger partial charge on any atom is 0.309 e. The highest BCUT2D eigenvalue weighted by Gasteiger charge is 2.33. The number of rotatable bonds is 6. The van der Waals surface area contributed by atoms with Crippen LogP contribution in [0, 0.1) is 31.4 Å². The molecule has 0 radical (unpaired) electrons. The number of aromatic nitrogens is 1. The van der Waals surface area contributed by atoms with E-state index in [1.54, 1.807) is 16.4 Å². The zero-order chi connectivity index (χ0) is 25.1. The minimum atomic E-state index is -0.641. The number of esters is 1. The third-order valence-corrected chi connectivity index (χ3v) is 7.04. The van der Waals surface area contributed by atoms with Crippen LogP contribution in [0.5, 0.6) is 0 Å². The van der Waals surface area contributed by atoms with Crippen molar-refractivity contribution < 1.29 is 27.8 Å². The molecule has 35 heavy (non-hydrogen) atoms. The molecular weight excluding hydrogens is 456 g/mol. The van der Waals surface area contributed by atoms with E-state index in [2.05, 4.69) is 4.90 Å². The highest BCUT2D eigenvalue weighted by molar-refractivity contribution is 5.97. The summed E-state index contributed by atoms with van der Waals surface area (Å²) < 4.78 is 41.5. The van der Waals surface area contributed by atoms with Crippen molar-refractivity contribution in [3.05, 3.63) is 52.3 Å². The van der Waals surface area contributed by atoms with Gasteiger partial charge in [0.2, 0.25) is 0 Å². The monoisotopic (exact) mass is 489 g/mol. The molecule has 7 nitrogen and oxygen atoms in total. The molecule has 0 atom stereocenters. The van der Waals surface area contributed by atoms with Crippen LogP contribution in [0.3, 0.4) is 0 Å². The Balaban J connectivity index is 1.68. The molecule has 1 aromatic carbocycles. The summed E-state index contributed by atoms with van der Waals surface area (Å²) in [7, 11) is 0. The Bertz CT molecular complexity index is 1070. The van der Waals surface area contributed by atoms with Gasteiger partial charge in [-0.15, -0.1) is 0 Å². The Hall–Kier alpha value is -2.94. The van der Waals surface area contributed by atoms with Crippen molar-refractivity contribution in [1.82, 2.24) is 9.47 Å². The van der Waals surface area contributed by atoms with E-state index in [9.17, 15) is 18.4 Å². The van der Waals surface area contributed by atoms with Gasteiger partial charge in [-0.25, -0.2) is 8.78 Å². The van der Waals surface area contributed by atoms with Crippen LogP contribution in [0.4, 0.5) is 14.5 Å². The van der Waals surface area contributed by atoms with Gasteiger partial charge in [0.1, 0.15) is 17.3 Å². The molecule has 1 amide bonds. The fraction of sp³-hybridized carbons (Fsp3) is 0.538. The fourth-order valence-electron chi connectivity index (χ4n) is 5.18. The Morgan fingerprint density at radius 1 is 1.06 bits per heavy atom. The first-order valence-electron chi connectivity index (χ1n) is 12.2. The van der Waals surface area contributed by atoms with Crippen LogP contribution in [0.2, 0.25) is 0 Å². The highest BCUT2D eigenvalue weighted by Crippen LogP contribution is 2.34. The number of carbonyl (C=O) groups is 2. The van der Waals surface area contributed by atoms with Gasteiger partial charge in [0.05, 0.1) is 38.0 Å². The molecule has 0 bridgehead atoms. The predicted octanol–water partition coefficient (Wildman–Crippen LogP) is 3.68. The normalized spacial score (nSPS) is 17.1. The van der Waals surface area contributed by atoms with E-state index in [-0.39, 0.29) is 29.9 Å². The number of amides is 1. The Labute approximate surface area is 204 Å². The van der Waals surface area contributed by atoms with E-state index in [4.69, 9.17) is 9.47 Å². The molecule has 2 fully saturated rings. The Kier molecular flexibility index (Phi) is 7.74. The SMILES string of the molecule is CCOC(=O)C1CCN(C(=O)c2c(C)c(N3CCOCC3)c(C)n2Cc2c(F)cccc2F)CC1. The zero-order valence-electron chi connectivity index (χ0n) is 20.6. The first kappa shape index (κ1) is 25.2. The Morgan fingerprint density at radius 2 is 1.69 bits per heavy atom. The number of carbonyl (C=O) groups excluding carboxylic acids is 2. The van der Waals surface area contributed by atoms with Gasteiger partial charge in [0.25, 0.3) is 5.91 Å². The minimum Gasteiger partial charge on any atom is -0.466 e. The van der Waals surface area contributed by atoms with E-state index in [0.717, 1.165) is 16.9 Å². The lowest BCUT2D eigenvalue weighted by Crippen LogP contribution is -2.41. The van der Waals surface area contributed by atoms with Crippen molar-refractivity contribution in [2.45, 2.75) is 40.2 Å². The van der Waals surface area contributed by atoms with Gasteiger partial charge in [-0.2, -0.15) is 0 Å². The van der Waals surface area contributed by atoms with Gasteiger partial charge < -0.3 is 23.8 Å². The van der Waals surface area contributed by atoms with E-state index >= 15 is 0 Å². The number of benzene rings is 1. The second-order valence-electron chi connectivity index (χ2n) is 9.11. The van der Waals surface area contributed by atoms with E-state index < -0.39 is 11.6 Å². The first-order chi connectivity index (χ1) is 16.8. The number of halogens is 2. The van der Waals surface area contributed by atoms with Crippen molar-refractivity contribution >= 4 is 17.6 Å². The summed E-state index contributed by atoms with van der Waals surface area (Å²) >= 11 is 0. The minimum absolute atomic E-state index is 0.0748. The quantitative estimate of drug-likeness (QED) is 0.580. The average Bonchev–Trinajstić information content (AvgIpc) is 3.10. The third kappa shape index (κ3) is 5.05. The van der Waals surface area contributed by atoms with Gasteiger partial charge in [0.15, 0.2) is 0 Å². The maximum absolute atomic E-state index is 14.6. The van der Waals surface area contributed by atoms with Crippen LogP contribution < -0.4 is 4.90 Å². The van der Waals surface area contributed by atoms with Crippen LogP contribution in [0.15, 0.2) is 18.2 Å². The number of hydrogen-bond donors (Lipinski definition) is 0. The van der Waals surface area contributed by atoms with Gasteiger partial charge in [0, 0.05) is 43.0 Å². The van der Waals surface area contributed by atoms with E-state index in [1.165, 1.54) is 18.2 Å². The largest absolute Gasteiger partial charge is 0.466 e. The molecule has 2 saturated heterocycles. The lowest BCUT2D eigenvalue weighted by molar-refractivity contribution is -0.149. The maximum atomic E-state index is 14.6. The topological polar surface area (TPSA) is 64.0 Å². The average molecular weight is 490 g/mol. The van der Waals surface area contributed by atoms with Crippen molar-refractivity contribution in [2.24, 2.45) is 5.92 Å². The number of hydrogen-bond acceptors (Lipinski definition) is 5. The molecule has 0 spiro atoms. The molecule has 9 heteroatoms. The summed E-state index contributed by atoms with van der Waals surface area (Å²) in [5, 5.41) is 0. The second kappa shape index (κ2) is 10.8. The third-order valence-electron chi connectivity index (χ3n) is 7.04. The van der Waals surface area contributed by atoms with Crippen molar-refractivity contribution in [1.29, 1.82) is 0 Å². The van der Waals surface area contributed by atoms with E-state index in [0.29, 0.717) is 64.5 Å². The number of nitrogens with zero attached hydrogens (tertiary/aromatic N) is 3. The molecule has 2 aliphatic rings. The molecule has 0 N–H and O–H groups in total. The van der Waals surface area contributed by atoms with Gasteiger partial charge >= 0.3 is 5.97 Å². The molecule has 2 aliphatic heterocycles. The molecule has 190 valence electrons. The first-order valence-corrected chi connectivity index (χ1v) is 12.2. The standard InChI is InChI=1S/C26H33F2N3O4/c1-4-35-26(33)19-8-10-30(11-9-19)25(32)24-17(2)23(29-12-14-34-15-13-29)18(3)31(24)16-20-21(27)6-5-7-22(20)28/h5-7,19H,4,8-16H2,1-3H3. The smallest absolute Gasteiger partial charge is 0.309 e. The number of anilines is 1. The van der Waals surface area contributed by atoms with Crippen LogP contribution in [0.1, 0.15) is 47.1 Å². The number of piperidine rings is 1. The predicted molar refractivity (Wildman–Crippen MR) is 128 cm³/mol. The van der Waals surface area contributed by atoms with Crippen LogP contribution in [-0.2, 0) is 20.8 Å². The summed E-state index contributed by atoms with van der Waals surface area (Å²) in [5.74, 6) is -1.91. The molecule has 1 aromatic heterocycles. The lowest BCUT2D eigenvalue weighted by atomic mass is 9.96. The molecule has 0 aliphatic carbocycles. The molecule has 4 rings (SSSR count). The lowest BCUT2D eigenvalue weighted by Gasteiger charge is -2.31. The van der Waals surface area contributed by atoms with Gasteiger partial charge in [-0.3, -0.25) is 9.59 Å². The summed E-state index contributed by atoms with van der Waals surface area (Å²) in [4.78, 5) is 29.8. The number of likely N-dealkylation sites (tertiary alicyclic amines) is 1. The summed E-state index contributed by atoms with van der Waals surface area (Å²) in [5.41, 5.74) is 2.85. The van der Waals surface area contributed by atoms with Crippen molar-refractivity contribution in [3.8, 4) is 0 Å². The number of ether oxygens (including phenoxy) is 2. The second-order valence-corrected chi connectivity index (χ2v) is 9.11. The van der Waals surface area contributed by atoms with Gasteiger partial charge in [-0.1, -0.05) is 6.07 Å². The van der Waals surface area contributed by atoms with Crippen molar-refractivity contribution in [3.63, 3.8) is 0 Å². The zero-order valence-corrected chi connectivity index (χ0v) is 20.6. The highest BCUT2D eigenvalue weighted by atomic mass is 19.1. The molecule has 0 unspecified atom stereocenters. The summed E-state index contributed by atoms with van der Waals surface area (Å²) in [6.07, 6.45) is 1.06. The van der Waals surface area contributed by atoms with Crippen LogP contribution in [0.25, 0.3) is 0 Å². The molecule has 0 saturated carbocycles. The molecule has 2 aromatic rings. The summed E-state index contributed by atoms with van der Waals surface area (Å²) in [6.45, 7) is 9.17. The fourth-order valence-corrected chi connectivity index (χ4v) is 5.18. The van der Waals surface area contributed by atoms with Gasteiger partial charge in [-0.05, 0) is 45.7 Å². The molecule has 3 heterocycles. The molecular formula is C26H33F2N3O4. The summed E-state index contributed by atoms with van der Waals surface area (Å²) in [6, 6.07) is 3.80. The van der Waals surface area contributed by atoms with Crippen LogP contribution >= 0.6 is 0 Å².